The van der Waals surface area contributed by atoms with Crippen molar-refractivity contribution in [3.05, 3.63) is 83.2 Å². The number of carbonyl (C=O) groups excluding carboxylic acids is 1. The standard InChI is InChI=1S/C27H28N4O2/c1-18-28-22-10-7-11-23(26(22)29-18)30-27(32)21-14-13-19(16-25(21)33-2)17-31-15-6-5-9-20-8-3-4-12-24(20)31/h3-4,7-8,10-14,16H,5-6,9,15,17H2,1-2H3,(H,28,29)(H,30,32). The summed E-state index contributed by atoms with van der Waals surface area (Å²) < 4.78 is 5.62. The van der Waals surface area contributed by atoms with Crippen LogP contribution in [0, 0.1) is 6.92 Å². The first-order valence-electron chi connectivity index (χ1n) is 11.4. The van der Waals surface area contributed by atoms with Crippen molar-refractivity contribution in [3.8, 4) is 5.75 Å². The summed E-state index contributed by atoms with van der Waals surface area (Å²) >= 11 is 0. The molecule has 5 rings (SSSR count). The molecule has 1 aliphatic heterocycles. The zero-order valence-corrected chi connectivity index (χ0v) is 19.0. The number of nitrogens with one attached hydrogen (secondary N) is 2. The van der Waals surface area contributed by atoms with Crippen molar-refractivity contribution in [1.29, 1.82) is 0 Å². The van der Waals surface area contributed by atoms with Crippen LogP contribution in [-0.4, -0.2) is 29.5 Å². The number of para-hydroxylation sites is 2. The van der Waals surface area contributed by atoms with Crippen LogP contribution >= 0.6 is 0 Å². The third-order valence-electron chi connectivity index (χ3n) is 6.22. The molecule has 6 nitrogen and oxygen atoms in total. The van der Waals surface area contributed by atoms with E-state index in [1.54, 1.807) is 7.11 Å². The average molecular weight is 441 g/mol. The van der Waals surface area contributed by atoms with Gasteiger partial charge in [0.1, 0.15) is 17.1 Å². The van der Waals surface area contributed by atoms with E-state index in [4.69, 9.17) is 4.74 Å². The smallest absolute Gasteiger partial charge is 0.259 e. The second kappa shape index (κ2) is 8.98. The number of ether oxygens (including phenoxy) is 1. The molecule has 4 aromatic rings. The van der Waals surface area contributed by atoms with Crippen LogP contribution < -0.4 is 15.0 Å². The Bertz CT molecular complexity index is 1310. The van der Waals surface area contributed by atoms with Crippen molar-refractivity contribution in [2.45, 2.75) is 32.7 Å². The van der Waals surface area contributed by atoms with Gasteiger partial charge in [0.05, 0.1) is 23.9 Å². The summed E-state index contributed by atoms with van der Waals surface area (Å²) in [5, 5.41) is 3.00. The Hall–Kier alpha value is -3.80. The summed E-state index contributed by atoms with van der Waals surface area (Å²) in [6.45, 7) is 3.70. The number of H-pyrrole nitrogens is 1. The fraction of sp³-hybridized carbons (Fsp3) is 0.259. The number of benzene rings is 3. The first-order valence-corrected chi connectivity index (χ1v) is 11.4. The van der Waals surface area contributed by atoms with E-state index in [0.717, 1.165) is 41.9 Å². The van der Waals surface area contributed by atoms with Gasteiger partial charge in [-0.2, -0.15) is 0 Å². The maximum atomic E-state index is 13.1. The van der Waals surface area contributed by atoms with Crippen molar-refractivity contribution < 1.29 is 9.53 Å². The Kier molecular flexibility index (Phi) is 5.73. The molecule has 0 saturated heterocycles. The maximum Gasteiger partial charge on any atom is 0.259 e. The molecule has 0 fully saturated rings. The van der Waals surface area contributed by atoms with Crippen molar-refractivity contribution >= 4 is 28.3 Å². The number of amides is 1. The van der Waals surface area contributed by atoms with E-state index in [-0.39, 0.29) is 5.91 Å². The summed E-state index contributed by atoms with van der Waals surface area (Å²) in [5.41, 5.74) is 6.64. The number of carbonyl (C=O) groups is 1. The number of aryl methyl sites for hydroxylation is 2. The molecule has 0 saturated carbocycles. The molecule has 0 atom stereocenters. The van der Waals surface area contributed by atoms with Crippen LogP contribution in [0.4, 0.5) is 11.4 Å². The first-order chi connectivity index (χ1) is 16.1. The number of imidazole rings is 1. The minimum Gasteiger partial charge on any atom is -0.496 e. The van der Waals surface area contributed by atoms with E-state index in [9.17, 15) is 4.79 Å². The highest BCUT2D eigenvalue weighted by Crippen LogP contribution is 2.29. The topological polar surface area (TPSA) is 70.2 Å². The maximum absolute atomic E-state index is 13.1. The number of aromatic amines is 1. The molecule has 2 heterocycles. The van der Waals surface area contributed by atoms with Gasteiger partial charge in [-0.15, -0.1) is 0 Å². The highest BCUT2D eigenvalue weighted by atomic mass is 16.5. The zero-order chi connectivity index (χ0) is 22.8. The van der Waals surface area contributed by atoms with Crippen LogP contribution in [0.2, 0.25) is 0 Å². The number of anilines is 2. The van der Waals surface area contributed by atoms with Crippen LogP contribution in [-0.2, 0) is 13.0 Å². The van der Waals surface area contributed by atoms with Crippen LogP contribution in [0.1, 0.15) is 40.2 Å². The lowest BCUT2D eigenvalue weighted by Crippen LogP contribution is -2.23. The second-order valence-corrected chi connectivity index (χ2v) is 8.52. The Labute approximate surface area is 193 Å². The van der Waals surface area contributed by atoms with Gasteiger partial charge in [0.15, 0.2) is 0 Å². The molecule has 168 valence electrons. The van der Waals surface area contributed by atoms with Gasteiger partial charge in [-0.25, -0.2) is 4.98 Å². The molecule has 1 aromatic heterocycles. The van der Waals surface area contributed by atoms with Gasteiger partial charge in [-0.05, 0) is 67.6 Å². The normalized spacial score (nSPS) is 13.5. The van der Waals surface area contributed by atoms with E-state index in [1.165, 1.54) is 24.1 Å². The molecule has 1 aliphatic rings. The minimum atomic E-state index is -0.216. The molecule has 0 bridgehead atoms. The van der Waals surface area contributed by atoms with E-state index in [0.29, 0.717) is 17.0 Å². The molecule has 0 radical (unpaired) electrons. The third kappa shape index (κ3) is 4.29. The largest absolute Gasteiger partial charge is 0.496 e. The molecule has 33 heavy (non-hydrogen) atoms. The highest BCUT2D eigenvalue weighted by Gasteiger charge is 2.18. The van der Waals surface area contributed by atoms with Gasteiger partial charge in [0.2, 0.25) is 0 Å². The fourth-order valence-corrected chi connectivity index (χ4v) is 4.62. The Morgan fingerprint density at radius 2 is 2.00 bits per heavy atom. The van der Waals surface area contributed by atoms with Crippen LogP contribution in [0.5, 0.6) is 5.75 Å². The number of hydrogen-bond acceptors (Lipinski definition) is 4. The number of nitrogens with zero attached hydrogens (tertiary/aromatic N) is 2. The number of hydrogen-bond donors (Lipinski definition) is 2. The quantitative estimate of drug-likeness (QED) is 0.431. The zero-order valence-electron chi connectivity index (χ0n) is 19.0. The number of methoxy groups -OCH3 is 1. The van der Waals surface area contributed by atoms with Gasteiger partial charge in [-0.1, -0.05) is 30.3 Å². The number of aromatic nitrogens is 2. The summed E-state index contributed by atoms with van der Waals surface area (Å²) in [7, 11) is 1.61. The summed E-state index contributed by atoms with van der Waals surface area (Å²) in [4.78, 5) is 23.2. The second-order valence-electron chi connectivity index (χ2n) is 8.52. The first kappa shape index (κ1) is 21.1. The van der Waals surface area contributed by atoms with Crippen LogP contribution in [0.25, 0.3) is 11.0 Å². The van der Waals surface area contributed by atoms with Gasteiger partial charge in [-0.3, -0.25) is 4.79 Å². The van der Waals surface area contributed by atoms with Gasteiger partial charge >= 0.3 is 0 Å². The predicted molar refractivity (Wildman–Crippen MR) is 132 cm³/mol. The Morgan fingerprint density at radius 3 is 2.88 bits per heavy atom. The lowest BCUT2D eigenvalue weighted by molar-refractivity contribution is 0.102. The van der Waals surface area contributed by atoms with Crippen molar-refractivity contribution in [1.82, 2.24) is 9.97 Å². The van der Waals surface area contributed by atoms with Crippen LogP contribution in [0.15, 0.2) is 60.7 Å². The van der Waals surface area contributed by atoms with Gasteiger partial charge < -0.3 is 19.9 Å². The minimum absolute atomic E-state index is 0.216. The monoisotopic (exact) mass is 440 g/mol. The van der Waals surface area contributed by atoms with E-state index < -0.39 is 0 Å². The lowest BCUT2D eigenvalue weighted by Gasteiger charge is -2.25. The summed E-state index contributed by atoms with van der Waals surface area (Å²) in [6.07, 6.45) is 3.50. The fourth-order valence-electron chi connectivity index (χ4n) is 4.62. The number of rotatable bonds is 5. The predicted octanol–water partition coefficient (Wildman–Crippen LogP) is 5.48. The Morgan fingerprint density at radius 1 is 1.12 bits per heavy atom. The molecule has 1 amide bonds. The van der Waals surface area contributed by atoms with Crippen LogP contribution in [0.3, 0.4) is 0 Å². The van der Waals surface area contributed by atoms with Crippen molar-refractivity contribution in [3.63, 3.8) is 0 Å². The molecule has 0 aliphatic carbocycles. The molecular weight excluding hydrogens is 412 g/mol. The molecular formula is C27H28N4O2. The summed E-state index contributed by atoms with van der Waals surface area (Å²) in [5.74, 6) is 1.16. The van der Waals surface area contributed by atoms with E-state index in [2.05, 4.69) is 44.5 Å². The molecule has 0 spiro atoms. The van der Waals surface area contributed by atoms with Gasteiger partial charge in [0, 0.05) is 18.8 Å². The highest BCUT2D eigenvalue weighted by molar-refractivity contribution is 6.09. The Balaban J connectivity index is 1.39. The SMILES string of the molecule is COc1cc(CN2CCCCc3ccccc32)ccc1C(=O)Nc1cccc2[nH]c(C)nc12. The third-order valence-corrected chi connectivity index (χ3v) is 6.22. The van der Waals surface area contributed by atoms with Gasteiger partial charge in [0.25, 0.3) is 5.91 Å². The van der Waals surface area contributed by atoms with Crippen molar-refractivity contribution in [2.24, 2.45) is 0 Å². The van der Waals surface area contributed by atoms with E-state index >= 15 is 0 Å². The summed E-state index contributed by atoms with van der Waals surface area (Å²) in [6, 6.07) is 20.2. The lowest BCUT2D eigenvalue weighted by atomic mass is 10.1. The molecule has 2 N–H and O–H groups in total. The van der Waals surface area contributed by atoms with E-state index in [1.807, 2.05) is 43.3 Å². The molecule has 6 heteroatoms. The average Bonchev–Trinajstić information content (AvgIpc) is 3.10. The molecule has 0 unspecified atom stereocenters. The van der Waals surface area contributed by atoms with Crippen molar-refractivity contribution in [2.75, 3.05) is 23.9 Å². The number of fused-ring (bicyclic) bond motifs is 2. The molecule has 3 aromatic carbocycles.